The van der Waals surface area contributed by atoms with Crippen LogP contribution < -0.4 is 15.0 Å². The van der Waals surface area contributed by atoms with E-state index in [4.69, 9.17) is 0 Å². The van der Waals surface area contributed by atoms with Crippen molar-refractivity contribution in [2.75, 3.05) is 10.7 Å². The van der Waals surface area contributed by atoms with Crippen molar-refractivity contribution in [1.29, 1.82) is 0 Å². The molecule has 242 valence electrons. The van der Waals surface area contributed by atoms with Gasteiger partial charge in [0, 0.05) is 29.2 Å². The number of amides is 2. The molecule has 3 aromatic carbocycles. The predicted molar refractivity (Wildman–Crippen MR) is 170 cm³/mol. The summed E-state index contributed by atoms with van der Waals surface area (Å²) >= 11 is 1.40. The number of aliphatic imine (C=N–C) groups is 1. The van der Waals surface area contributed by atoms with Crippen LogP contribution in [0.3, 0.4) is 0 Å². The molecule has 7 nitrogen and oxygen atoms in total. The van der Waals surface area contributed by atoms with E-state index in [0.29, 0.717) is 22.1 Å². The predicted octanol–water partition coefficient (Wildman–Crippen LogP) is 8.77. The van der Waals surface area contributed by atoms with Gasteiger partial charge in [-0.25, -0.2) is 18.3 Å². The van der Waals surface area contributed by atoms with Gasteiger partial charge in [-0.15, -0.1) is 13.2 Å². The Bertz CT molecular complexity index is 1700. The molecule has 1 aliphatic rings. The molecule has 5 rings (SSSR count). The molecule has 2 heterocycles. The summed E-state index contributed by atoms with van der Waals surface area (Å²) in [4.78, 5) is 18.9. The first kappa shape index (κ1) is 33.0. The van der Waals surface area contributed by atoms with Gasteiger partial charge in [-0.05, 0) is 81.1 Å². The number of amidine groups is 1. The number of aromatic nitrogens is 2. The van der Waals surface area contributed by atoms with Crippen LogP contribution in [0.1, 0.15) is 41.8 Å². The standard InChI is InChI=1S/C33H32F5N5O2S/c1-19-17-20(2)29(21(3)18-19)43-22(4)14-16-46-32(43)40-31(44)39-30(35)28(34)24-7-5-23(6-8-24)27-13-15-42(41-27)25-9-11-26(12-10-25)45-33(36,37)38/h5-13,15,17-18,22,28,30H,14,16H2,1-4H3,(H,39,44). The number of benzene rings is 3. The Morgan fingerprint density at radius 3 is 2.30 bits per heavy atom. The number of ether oxygens (including phenoxy) is 1. The summed E-state index contributed by atoms with van der Waals surface area (Å²) < 4.78 is 72.8. The maximum absolute atomic E-state index is 15.2. The van der Waals surface area contributed by atoms with Gasteiger partial charge in [0.25, 0.3) is 0 Å². The maximum Gasteiger partial charge on any atom is 0.573 e. The van der Waals surface area contributed by atoms with Gasteiger partial charge in [0.05, 0.1) is 11.4 Å². The number of hydrogen-bond donors (Lipinski definition) is 1. The highest BCUT2D eigenvalue weighted by Gasteiger charge is 2.31. The monoisotopic (exact) mass is 657 g/mol. The van der Waals surface area contributed by atoms with Crippen molar-refractivity contribution < 1.29 is 31.5 Å². The lowest BCUT2D eigenvalue weighted by molar-refractivity contribution is -0.274. The molecule has 4 aromatic rings. The first-order chi connectivity index (χ1) is 21.8. The zero-order valence-corrected chi connectivity index (χ0v) is 26.3. The molecular formula is C33H32F5N5O2S. The second kappa shape index (κ2) is 13.5. The number of nitrogens with one attached hydrogen (secondary N) is 1. The number of aryl methyl sites for hydroxylation is 3. The van der Waals surface area contributed by atoms with Crippen molar-refractivity contribution in [3.8, 4) is 22.7 Å². The molecule has 1 fully saturated rings. The lowest BCUT2D eigenvalue weighted by atomic mass is 10.0. The number of carbonyl (C=O) groups is 1. The Kier molecular flexibility index (Phi) is 9.71. The van der Waals surface area contributed by atoms with E-state index < -0.39 is 24.9 Å². The van der Waals surface area contributed by atoms with E-state index in [9.17, 15) is 18.0 Å². The summed E-state index contributed by atoms with van der Waals surface area (Å²) in [6.45, 7) is 8.06. The van der Waals surface area contributed by atoms with Crippen LogP contribution in [0, 0.1) is 20.8 Å². The number of halogens is 5. The minimum absolute atomic E-state index is 0.0112. The molecule has 1 N–H and O–H groups in total. The molecule has 1 aliphatic heterocycles. The van der Waals surface area contributed by atoms with E-state index in [0.717, 1.165) is 34.6 Å². The first-order valence-electron chi connectivity index (χ1n) is 14.5. The van der Waals surface area contributed by atoms with Crippen LogP contribution in [0.15, 0.2) is 77.9 Å². The van der Waals surface area contributed by atoms with E-state index >= 15 is 8.78 Å². The van der Waals surface area contributed by atoms with Crippen LogP contribution in [-0.2, 0) is 0 Å². The lowest BCUT2D eigenvalue weighted by Crippen LogP contribution is -2.43. The highest BCUT2D eigenvalue weighted by Crippen LogP contribution is 2.35. The molecule has 0 bridgehead atoms. The highest BCUT2D eigenvalue weighted by molar-refractivity contribution is 8.14. The summed E-state index contributed by atoms with van der Waals surface area (Å²) in [5.74, 6) is 0.387. The molecule has 3 atom stereocenters. The quantitative estimate of drug-likeness (QED) is 0.159. The average Bonchev–Trinajstić information content (AvgIpc) is 3.48. The van der Waals surface area contributed by atoms with Crippen LogP contribution in [0.5, 0.6) is 5.75 Å². The summed E-state index contributed by atoms with van der Waals surface area (Å²) in [5, 5.41) is 6.89. The summed E-state index contributed by atoms with van der Waals surface area (Å²) in [7, 11) is 0. The van der Waals surface area contributed by atoms with Crippen molar-refractivity contribution in [2.45, 2.75) is 59.0 Å². The van der Waals surface area contributed by atoms with Gasteiger partial charge in [0.2, 0.25) is 6.30 Å². The SMILES string of the molecule is Cc1cc(C)c(N2C(=NC(=O)NC(F)C(F)c3ccc(-c4ccn(-c5ccc(OC(F)(F)F)cc5)n4)cc3)SCCC2C)c(C)c1. The molecule has 13 heteroatoms. The van der Waals surface area contributed by atoms with Gasteiger partial charge in [0.15, 0.2) is 11.3 Å². The number of urea groups is 1. The molecule has 0 radical (unpaired) electrons. The molecule has 0 saturated carbocycles. The van der Waals surface area contributed by atoms with E-state index in [-0.39, 0.29) is 17.4 Å². The fraction of sp³-hybridized carbons (Fsp3) is 0.303. The van der Waals surface area contributed by atoms with Gasteiger partial charge in [-0.3, -0.25) is 0 Å². The van der Waals surface area contributed by atoms with Gasteiger partial charge in [-0.2, -0.15) is 10.1 Å². The smallest absolute Gasteiger partial charge is 0.406 e. The van der Waals surface area contributed by atoms with E-state index in [1.54, 1.807) is 24.4 Å². The van der Waals surface area contributed by atoms with Crippen molar-refractivity contribution in [3.05, 3.63) is 95.2 Å². The Balaban J connectivity index is 1.24. The van der Waals surface area contributed by atoms with Crippen molar-refractivity contribution in [2.24, 2.45) is 4.99 Å². The molecule has 3 unspecified atom stereocenters. The Hall–Kier alpha value is -4.39. The normalized spacial score (nSPS) is 17.5. The fourth-order valence-corrected chi connectivity index (χ4v) is 6.60. The van der Waals surface area contributed by atoms with Crippen LogP contribution in [-0.4, -0.2) is 45.4 Å². The third-order valence-corrected chi connectivity index (χ3v) is 8.44. The van der Waals surface area contributed by atoms with Gasteiger partial charge in [0.1, 0.15) is 5.75 Å². The summed E-state index contributed by atoms with van der Waals surface area (Å²) in [5.41, 5.74) is 5.76. The molecule has 2 amide bonds. The van der Waals surface area contributed by atoms with Crippen LogP contribution in [0.25, 0.3) is 16.9 Å². The van der Waals surface area contributed by atoms with Gasteiger partial charge in [-0.1, -0.05) is 53.7 Å². The molecule has 1 aromatic heterocycles. The highest BCUT2D eigenvalue weighted by atomic mass is 32.2. The Morgan fingerprint density at radius 2 is 1.67 bits per heavy atom. The van der Waals surface area contributed by atoms with Crippen LogP contribution in [0.2, 0.25) is 0 Å². The molecule has 0 aliphatic carbocycles. The lowest BCUT2D eigenvalue weighted by Gasteiger charge is -2.37. The molecule has 46 heavy (non-hydrogen) atoms. The number of carbonyl (C=O) groups excluding carboxylic acids is 1. The topological polar surface area (TPSA) is 71.8 Å². The third kappa shape index (κ3) is 7.69. The number of rotatable bonds is 7. The van der Waals surface area contributed by atoms with Gasteiger partial charge < -0.3 is 15.0 Å². The molecular weight excluding hydrogens is 625 g/mol. The molecule has 1 saturated heterocycles. The third-order valence-electron chi connectivity index (χ3n) is 7.45. The van der Waals surface area contributed by atoms with Crippen molar-refractivity contribution >= 4 is 28.6 Å². The average molecular weight is 658 g/mol. The van der Waals surface area contributed by atoms with Gasteiger partial charge >= 0.3 is 12.4 Å². The van der Waals surface area contributed by atoms with E-state index in [2.05, 4.69) is 27.0 Å². The maximum atomic E-state index is 15.2. The van der Waals surface area contributed by atoms with Crippen molar-refractivity contribution in [1.82, 2.24) is 15.1 Å². The second-order valence-corrected chi connectivity index (χ2v) is 12.1. The summed E-state index contributed by atoms with van der Waals surface area (Å²) in [6.07, 6.45) is -6.79. The van der Waals surface area contributed by atoms with E-state index in [1.807, 2.05) is 37.9 Å². The largest absolute Gasteiger partial charge is 0.573 e. The number of alkyl halides is 5. The van der Waals surface area contributed by atoms with Crippen LogP contribution in [0.4, 0.5) is 32.4 Å². The zero-order valence-electron chi connectivity index (χ0n) is 25.5. The Morgan fingerprint density at radius 1 is 1.02 bits per heavy atom. The van der Waals surface area contributed by atoms with Crippen molar-refractivity contribution in [3.63, 3.8) is 0 Å². The fourth-order valence-electron chi connectivity index (χ4n) is 5.40. The minimum Gasteiger partial charge on any atom is -0.406 e. The first-order valence-corrected chi connectivity index (χ1v) is 15.5. The van der Waals surface area contributed by atoms with E-state index in [1.165, 1.54) is 52.8 Å². The number of nitrogens with zero attached hydrogens (tertiary/aromatic N) is 4. The van der Waals surface area contributed by atoms with Crippen LogP contribution >= 0.6 is 11.8 Å². The second-order valence-electron chi connectivity index (χ2n) is 11.1. The Labute approximate surface area is 267 Å². The summed E-state index contributed by atoms with van der Waals surface area (Å²) in [6, 6.07) is 16.0. The number of anilines is 1. The minimum atomic E-state index is -4.79. The zero-order chi connectivity index (χ0) is 33.2. The number of hydrogen-bond acceptors (Lipinski definition) is 4. The number of thioether (sulfide) groups is 1. The molecule has 0 spiro atoms.